The highest BCUT2D eigenvalue weighted by Gasteiger charge is 2.30. The Bertz CT molecular complexity index is 1130. The molecule has 0 saturated carbocycles. The van der Waals surface area contributed by atoms with Crippen molar-refractivity contribution in [3.63, 3.8) is 0 Å². The molecular weight excluding hydrogens is 411 g/mol. The molecular formula is C21H16F3N5O2. The van der Waals surface area contributed by atoms with Gasteiger partial charge < -0.3 is 9.64 Å². The van der Waals surface area contributed by atoms with Gasteiger partial charge in [-0.15, -0.1) is 0 Å². The van der Waals surface area contributed by atoms with Gasteiger partial charge in [-0.2, -0.15) is 13.2 Å². The molecule has 158 valence electrons. The molecule has 10 heteroatoms. The number of halogens is 3. The Balaban J connectivity index is 1.52. The average Bonchev–Trinajstić information content (AvgIpc) is 2.78. The second kappa shape index (κ2) is 8.13. The van der Waals surface area contributed by atoms with Crippen LogP contribution >= 0.6 is 0 Å². The number of amides is 1. The van der Waals surface area contributed by atoms with Crippen LogP contribution in [-0.2, 0) is 19.1 Å². The monoisotopic (exact) mass is 427 g/mol. The lowest BCUT2D eigenvalue weighted by Gasteiger charge is -2.28. The van der Waals surface area contributed by atoms with Crippen LogP contribution in [0.25, 0.3) is 6.08 Å². The number of rotatable bonds is 4. The van der Waals surface area contributed by atoms with Crippen molar-refractivity contribution < 1.29 is 22.7 Å². The van der Waals surface area contributed by atoms with Crippen LogP contribution in [0.4, 0.5) is 13.2 Å². The normalized spacial score (nSPS) is 13.5. The number of carbonyl (C=O) groups excluding carboxylic acids is 1. The summed E-state index contributed by atoms with van der Waals surface area (Å²) in [6.45, 7) is 4.21. The number of aromatic nitrogens is 4. The fourth-order valence-electron chi connectivity index (χ4n) is 3.16. The molecule has 1 aliphatic rings. The number of alkyl halides is 3. The Morgan fingerprint density at radius 3 is 2.61 bits per heavy atom. The zero-order valence-corrected chi connectivity index (χ0v) is 16.1. The first-order valence-corrected chi connectivity index (χ1v) is 9.28. The lowest BCUT2D eigenvalue weighted by molar-refractivity contribution is -0.137. The van der Waals surface area contributed by atoms with Crippen molar-refractivity contribution in [3.05, 3.63) is 77.8 Å². The van der Waals surface area contributed by atoms with Crippen molar-refractivity contribution in [1.82, 2.24) is 24.8 Å². The third-order valence-corrected chi connectivity index (χ3v) is 4.73. The largest absolute Gasteiger partial charge is 0.439 e. The highest BCUT2D eigenvalue weighted by atomic mass is 19.4. The second-order valence-electron chi connectivity index (χ2n) is 6.71. The molecule has 4 rings (SSSR count). The third kappa shape index (κ3) is 4.37. The van der Waals surface area contributed by atoms with Crippen LogP contribution in [0.3, 0.4) is 0 Å². The van der Waals surface area contributed by atoms with Crippen LogP contribution in [0.1, 0.15) is 33.1 Å². The van der Waals surface area contributed by atoms with Crippen molar-refractivity contribution in [1.29, 1.82) is 0 Å². The molecule has 0 atom stereocenters. The van der Waals surface area contributed by atoms with E-state index < -0.39 is 11.7 Å². The number of hydrogen-bond donors (Lipinski definition) is 0. The van der Waals surface area contributed by atoms with Gasteiger partial charge in [0.15, 0.2) is 5.82 Å². The quantitative estimate of drug-likeness (QED) is 0.628. The van der Waals surface area contributed by atoms with Crippen LogP contribution < -0.4 is 4.74 Å². The molecule has 0 bridgehead atoms. The van der Waals surface area contributed by atoms with Crippen molar-refractivity contribution in [2.75, 3.05) is 6.54 Å². The predicted octanol–water partition coefficient (Wildman–Crippen LogP) is 3.92. The molecule has 0 aliphatic carbocycles. The number of hydrogen-bond acceptors (Lipinski definition) is 6. The van der Waals surface area contributed by atoms with E-state index in [0.717, 1.165) is 12.1 Å². The van der Waals surface area contributed by atoms with E-state index in [0.29, 0.717) is 30.0 Å². The molecule has 1 amide bonds. The van der Waals surface area contributed by atoms with Crippen molar-refractivity contribution >= 4 is 12.0 Å². The molecule has 1 aromatic carbocycles. The van der Waals surface area contributed by atoms with E-state index in [4.69, 9.17) is 4.74 Å². The third-order valence-electron chi connectivity index (χ3n) is 4.73. The van der Waals surface area contributed by atoms with Crippen LogP contribution in [-0.4, -0.2) is 37.3 Å². The maximum absolute atomic E-state index is 12.8. The molecule has 7 nitrogen and oxygen atoms in total. The summed E-state index contributed by atoms with van der Waals surface area (Å²) in [6.07, 6.45) is 0.260. The van der Waals surface area contributed by atoms with E-state index in [9.17, 15) is 18.0 Å². The maximum Gasteiger partial charge on any atom is 0.416 e. The molecule has 3 heterocycles. The number of carbonyl (C=O) groups is 1. The molecule has 2 aromatic heterocycles. The molecule has 0 saturated heterocycles. The lowest BCUT2D eigenvalue weighted by atomic mass is 10.1. The number of fused-ring (bicyclic) bond motifs is 1. The zero-order valence-electron chi connectivity index (χ0n) is 16.1. The number of ether oxygens (including phenoxy) is 1. The van der Waals surface area contributed by atoms with Gasteiger partial charge >= 0.3 is 6.18 Å². The first-order chi connectivity index (χ1) is 14.8. The van der Waals surface area contributed by atoms with Gasteiger partial charge in [-0.3, -0.25) is 4.79 Å². The number of benzene rings is 1. The highest BCUT2D eigenvalue weighted by molar-refractivity contribution is 5.92. The van der Waals surface area contributed by atoms with E-state index in [1.165, 1.54) is 36.8 Å². The van der Waals surface area contributed by atoms with Crippen LogP contribution in [0.5, 0.6) is 11.6 Å². The lowest BCUT2D eigenvalue weighted by Crippen LogP contribution is -2.37. The summed E-state index contributed by atoms with van der Waals surface area (Å²) in [5.74, 6) is 0.580. The van der Waals surface area contributed by atoms with E-state index >= 15 is 0 Å². The maximum atomic E-state index is 12.8. The fraction of sp³-hybridized carbons (Fsp3) is 0.190. The van der Waals surface area contributed by atoms with Crippen molar-refractivity contribution in [2.45, 2.75) is 19.1 Å². The summed E-state index contributed by atoms with van der Waals surface area (Å²) in [5, 5.41) is 0. The molecule has 0 fully saturated rings. The minimum Gasteiger partial charge on any atom is -0.439 e. The van der Waals surface area contributed by atoms with Gasteiger partial charge in [-0.05, 0) is 42.8 Å². The summed E-state index contributed by atoms with van der Waals surface area (Å²) in [7, 11) is 0. The molecule has 31 heavy (non-hydrogen) atoms. The highest BCUT2D eigenvalue weighted by Crippen LogP contribution is 2.32. The van der Waals surface area contributed by atoms with Crippen LogP contribution in [0, 0.1) is 0 Å². The average molecular weight is 427 g/mol. The van der Waals surface area contributed by atoms with Gasteiger partial charge in [0.1, 0.15) is 17.8 Å². The number of nitrogens with zero attached hydrogens (tertiary/aromatic N) is 5. The Morgan fingerprint density at radius 2 is 1.90 bits per heavy atom. The summed E-state index contributed by atoms with van der Waals surface area (Å²) in [5.41, 5.74) is 0.808. The van der Waals surface area contributed by atoms with Gasteiger partial charge in [0.2, 0.25) is 5.88 Å². The van der Waals surface area contributed by atoms with Crippen molar-refractivity contribution in [3.8, 4) is 11.6 Å². The molecule has 0 radical (unpaired) electrons. The molecule has 0 spiro atoms. The molecule has 1 aliphatic heterocycles. The first kappa shape index (κ1) is 20.5. The van der Waals surface area contributed by atoms with Gasteiger partial charge in [0.05, 0.1) is 17.8 Å². The Labute approximate surface area is 175 Å². The van der Waals surface area contributed by atoms with Crippen molar-refractivity contribution in [2.24, 2.45) is 0 Å². The van der Waals surface area contributed by atoms with Gasteiger partial charge in [-0.1, -0.05) is 6.58 Å². The zero-order chi connectivity index (χ0) is 22.0. The second-order valence-corrected chi connectivity index (χ2v) is 6.71. The van der Waals surface area contributed by atoms with Gasteiger partial charge in [0.25, 0.3) is 5.91 Å². The van der Waals surface area contributed by atoms with E-state index in [-0.39, 0.29) is 29.8 Å². The summed E-state index contributed by atoms with van der Waals surface area (Å²) in [6, 6.07) is 5.90. The summed E-state index contributed by atoms with van der Waals surface area (Å²) in [4.78, 5) is 30.9. The molecule has 3 aromatic rings. The van der Waals surface area contributed by atoms with Crippen LogP contribution in [0.2, 0.25) is 0 Å². The van der Waals surface area contributed by atoms with Gasteiger partial charge in [0, 0.05) is 18.3 Å². The van der Waals surface area contributed by atoms with E-state index in [1.54, 1.807) is 4.90 Å². The Morgan fingerprint density at radius 1 is 1.13 bits per heavy atom. The summed E-state index contributed by atoms with van der Waals surface area (Å²) < 4.78 is 43.9. The standard InChI is InChI=1S/C21H16F3N5O2/c1-2-18-25-9-7-16(28-18)20(30)29-10-8-15-17(11-29)26-12-27-19(15)31-14-5-3-13(4-6-14)21(22,23)24/h2-7,9,12H,1,8,10-11H2. The minimum atomic E-state index is -4.42. The topological polar surface area (TPSA) is 81.1 Å². The van der Waals surface area contributed by atoms with E-state index in [2.05, 4.69) is 26.5 Å². The Hall–Kier alpha value is -3.82. The van der Waals surface area contributed by atoms with Crippen LogP contribution in [0.15, 0.2) is 49.4 Å². The Kier molecular flexibility index (Phi) is 5.37. The van der Waals surface area contributed by atoms with Gasteiger partial charge in [-0.25, -0.2) is 19.9 Å². The molecule has 0 unspecified atom stereocenters. The summed E-state index contributed by atoms with van der Waals surface area (Å²) >= 11 is 0. The first-order valence-electron chi connectivity index (χ1n) is 9.28. The SMILES string of the molecule is C=Cc1nccc(C(=O)N2CCc3c(ncnc3Oc3ccc(C(F)(F)F)cc3)C2)n1. The predicted molar refractivity (Wildman–Crippen MR) is 104 cm³/mol. The molecule has 0 N–H and O–H groups in total. The smallest absolute Gasteiger partial charge is 0.416 e. The fourth-order valence-corrected chi connectivity index (χ4v) is 3.16. The van der Waals surface area contributed by atoms with E-state index in [1.807, 2.05) is 0 Å². The minimum absolute atomic E-state index is 0.227.